The van der Waals surface area contributed by atoms with Crippen LogP contribution >= 0.6 is 7.60 Å². The summed E-state index contributed by atoms with van der Waals surface area (Å²) in [6, 6.07) is 5.30. The Balaban J connectivity index is 3.17. The Hall–Kier alpha value is -0.630. The van der Waals surface area contributed by atoms with Crippen LogP contribution in [0.2, 0.25) is 0 Å². The van der Waals surface area contributed by atoms with Crippen molar-refractivity contribution in [3.05, 3.63) is 29.3 Å². The number of hydrogen-bond acceptors (Lipinski definition) is 3. The first-order valence-electron chi connectivity index (χ1n) is 10.5. The second-order valence-corrected chi connectivity index (χ2v) is 9.13. The van der Waals surface area contributed by atoms with Crippen molar-refractivity contribution in [1.82, 2.24) is 0 Å². The van der Waals surface area contributed by atoms with Crippen molar-refractivity contribution in [3.8, 4) is 0 Å². The summed E-state index contributed by atoms with van der Waals surface area (Å²) in [6.45, 7) is 8.73. The third-order valence-corrected chi connectivity index (χ3v) is 6.64. The fourth-order valence-electron chi connectivity index (χ4n) is 3.79. The van der Waals surface area contributed by atoms with E-state index < -0.39 is 7.60 Å². The number of rotatable bonds is 13. The van der Waals surface area contributed by atoms with Crippen molar-refractivity contribution in [2.45, 2.75) is 91.9 Å². The molecule has 0 heterocycles. The van der Waals surface area contributed by atoms with E-state index >= 15 is 0 Å². The van der Waals surface area contributed by atoms with Crippen LogP contribution in [0.15, 0.2) is 18.2 Å². The van der Waals surface area contributed by atoms with Crippen LogP contribution in [-0.2, 0) is 17.4 Å². The summed E-state index contributed by atoms with van der Waals surface area (Å²) in [5.41, 5.74) is 1.88. The molecule has 0 N–H and O–H groups in total. The fraction of sp³-hybridized carbons (Fsp3) is 0.727. The highest BCUT2D eigenvalue weighted by Gasteiger charge is 2.18. The van der Waals surface area contributed by atoms with E-state index in [1.165, 1.54) is 18.9 Å². The smallest absolute Gasteiger partial charge is 0.0122 e. The van der Waals surface area contributed by atoms with Crippen LogP contribution in [0.25, 0.3) is 0 Å². The van der Waals surface area contributed by atoms with E-state index in [0.717, 1.165) is 56.1 Å². The highest BCUT2D eigenvalue weighted by atomic mass is 31.2. The SMILES string of the molecule is CCCCC(CC)Cc1cccc(P(=O)([O-])[O-])c1CC(CC)CCCC. The average Bonchev–Trinajstić information content (AvgIpc) is 2.61. The second-order valence-electron chi connectivity index (χ2n) is 7.65. The van der Waals surface area contributed by atoms with Gasteiger partial charge in [-0.3, -0.25) is 0 Å². The summed E-state index contributed by atoms with van der Waals surface area (Å²) in [6.07, 6.45) is 10.6. The van der Waals surface area contributed by atoms with Gasteiger partial charge in [0.1, 0.15) is 0 Å². The molecule has 0 saturated carbocycles. The van der Waals surface area contributed by atoms with Gasteiger partial charge < -0.3 is 14.4 Å². The zero-order valence-electron chi connectivity index (χ0n) is 17.1. The van der Waals surface area contributed by atoms with Gasteiger partial charge >= 0.3 is 0 Å². The highest BCUT2D eigenvalue weighted by Crippen LogP contribution is 2.31. The molecule has 1 rings (SSSR count). The molecule has 0 spiro atoms. The summed E-state index contributed by atoms with van der Waals surface area (Å²) >= 11 is 0. The zero-order chi connectivity index (χ0) is 19.6. The van der Waals surface area contributed by atoms with Crippen molar-refractivity contribution >= 4 is 12.9 Å². The van der Waals surface area contributed by atoms with E-state index in [9.17, 15) is 14.4 Å². The lowest BCUT2D eigenvalue weighted by Gasteiger charge is -2.34. The minimum absolute atomic E-state index is 0.0373. The number of unbranched alkanes of at least 4 members (excludes halogenated alkanes) is 2. The predicted octanol–water partition coefficient (Wildman–Crippen LogP) is 4.74. The monoisotopic (exact) mass is 380 g/mol. The maximum atomic E-state index is 11.9. The molecule has 2 atom stereocenters. The molecule has 0 radical (unpaired) electrons. The van der Waals surface area contributed by atoms with Gasteiger partial charge in [0.2, 0.25) is 0 Å². The third-order valence-electron chi connectivity index (χ3n) is 5.63. The molecule has 3 nitrogen and oxygen atoms in total. The minimum Gasteiger partial charge on any atom is -0.807 e. The summed E-state index contributed by atoms with van der Waals surface area (Å²) < 4.78 is 11.9. The van der Waals surface area contributed by atoms with Crippen LogP contribution in [0.4, 0.5) is 0 Å². The van der Waals surface area contributed by atoms with E-state index in [2.05, 4.69) is 27.7 Å². The zero-order valence-corrected chi connectivity index (χ0v) is 18.0. The number of benzene rings is 1. The van der Waals surface area contributed by atoms with Crippen molar-refractivity contribution in [2.75, 3.05) is 0 Å². The summed E-state index contributed by atoms with van der Waals surface area (Å²) in [4.78, 5) is 23.8. The Bertz CT molecular complexity index is 565. The summed E-state index contributed by atoms with van der Waals surface area (Å²) in [5.74, 6) is 0.995. The fourth-order valence-corrected chi connectivity index (χ4v) is 4.63. The molecule has 150 valence electrons. The van der Waals surface area contributed by atoms with E-state index in [1.807, 2.05) is 6.07 Å². The van der Waals surface area contributed by atoms with Gasteiger partial charge in [-0.1, -0.05) is 97.3 Å². The van der Waals surface area contributed by atoms with Crippen LogP contribution in [0.5, 0.6) is 0 Å². The minimum atomic E-state index is -4.75. The maximum absolute atomic E-state index is 11.9. The largest absolute Gasteiger partial charge is 0.807 e. The van der Waals surface area contributed by atoms with E-state index in [-0.39, 0.29) is 5.30 Å². The van der Waals surface area contributed by atoms with Crippen LogP contribution in [0.3, 0.4) is 0 Å². The molecule has 2 unspecified atom stereocenters. The molecular weight excluding hydrogens is 343 g/mol. The topological polar surface area (TPSA) is 63.2 Å². The Morgan fingerprint density at radius 1 is 0.885 bits per heavy atom. The molecule has 0 aliphatic heterocycles. The van der Waals surface area contributed by atoms with Crippen molar-refractivity contribution < 1.29 is 14.4 Å². The van der Waals surface area contributed by atoms with Crippen molar-refractivity contribution in [1.29, 1.82) is 0 Å². The molecule has 0 aliphatic rings. The molecular formula is C22H37O3P-2. The first-order chi connectivity index (χ1) is 12.4. The molecule has 0 aliphatic carbocycles. The third kappa shape index (κ3) is 7.55. The van der Waals surface area contributed by atoms with E-state index in [0.29, 0.717) is 18.3 Å². The highest BCUT2D eigenvalue weighted by molar-refractivity contribution is 7.57. The Morgan fingerprint density at radius 3 is 1.88 bits per heavy atom. The van der Waals surface area contributed by atoms with E-state index in [1.54, 1.807) is 6.07 Å². The van der Waals surface area contributed by atoms with Crippen LogP contribution in [0.1, 0.15) is 90.2 Å². The molecule has 0 saturated heterocycles. The van der Waals surface area contributed by atoms with Crippen molar-refractivity contribution in [3.63, 3.8) is 0 Å². The first-order valence-corrected chi connectivity index (χ1v) is 12.0. The van der Waals surface area contributed by atoms with Gasteiger partial charge in [-0.2, -0.15) is 0 Å². The predicted molar refractivity (Wildman–Crippen MR) is 108 cm³/mol. The summed E-state index contributed by atoms with van der Waals surface area (Å²) in [5, 5.41) is 0.0373. The molecule has 4 heteroatoms. The van der Waals surface area contributed by atoms with Crippen LogP contribution in [-0.4, -0.2) is 0 Å². The van der Waals surface area contributed by atoms with Gasteiger partial charge in [-0.05, 0) is 48.7 Å². The second kappa shape index (κ2) is 12.0. The average molecular weight is 381 g/mol. The molecule has 1 aromatic carbocycles. The standard InChI is InChI=1S/C22H39O3P/c1-5-9-12-18(7-3)16-20-14-11-15-22(26(23,24)25)21(20)17-19(8-4)13-10-6-2/h11,14-15,18-19H,5-10,12-13,16-17H2,1-4H3,(H2,23,24,25)/p-2. The summed E-state index contributed by atoms with van der Waals surface area (Å²) in [7, 11) is -4.75. The lowest BCUT2D eigenvalue weighted by atomic mass is 9.85. The normalized spacial score (nSPS) is 14.4. The quantitative estimate of drug-likeness (QED) is 0.464. The lowest BCUT2D eigenvalue weighted by molar-refractivity contribution is -0.308. The van der Waals surface area contributed by atoms with Gasteiger partial charge in [-0.25, -0.2) is 0 Å². The molecule has 0 aromatic heterocycles. The van der Waals surface area contributed by atoms with Crippen molar-refractivity contribution in [2.24, 2.45) is 11.8 Å². The molecule has 26 heavy (non-hydrogen) atoms. The van der Waals surface area contributed by atoms with Gasteiger partial charge in [0.25, 0.3) is 0 Å². The van der Waals surface area contributed by atoms with Crippen LogP contribution in [0, 0.1) is 11.8 Å². The van der Waals surface area contributed by atoms with E-state index in [4.69, 9.17) is 0 Å². The van der Waals surface area contributed by atoms with Gasteiger partial charge in [0, 0.05) is 0 Å². The lowest BCUT2D eigenvalue weighted by Crippen LogP contribution is -2.29. The van der Waals surface area contributed by atoms with Gasteiger partial charge in [-0.15, -0.1) is 0 Å². The Kier molecular flexibility index (Phi) is 10.8. The molecule has 0 amide bonds. The number of hydrogen-bond donors (Lipinski definition) is 0. The van der Waals surface area contributed by atoms with Crippen LogP contribution < -0.4 is 15.1 Å². The first kappa shape index (κ1) is 23.4. The Morgan fingerprint density at radius 2 is 1.42 bits per heavy atom. The Labute approximate surface area is 160 Å². The van der Waals surface area contributed by atoms with Gasteiger partial charge in [0.15, 0.2) is 0 Å². The van der Waals surface area contributed by atoms with Gasteiger partial charge in [0.05, 0.1) is 0 Å². The molecule has 1 aromatic rings. The molecule has 0 fully saturated rings. The molecule has 0 bridgehead atoms. The maximum Gasteiger partial charge on any atom is -0.0122 e.